The summed E-state index contributed by atoms with van der Waals surface area (Å²) in [4.78, 5) is 0. The minimum Gasteiger partial charge on any atom is -0.487 e. The highest BCUT2D eigenvalue weighted by Crippen LogP contribution is 2.70. The third-order valence-corrected chi connectivity index (χ3v) is 3.94. The van der Waals surface area contributed by atoms with Gasteiger partial charge < -0.3 is 4.74 Å². The third-order valence-electron chi connectivity index (χ3n) is 2.17. The molecule has 1 aromatic rings. The van der Waals surface area contributed by atoms with E-state index in [0.717, 1.165) is 0 Å². The van der Waals surface area contributed by atoms with Gasteiger partial charge in [0.15, 0.2) is 5.75 Å². The van der Waals surface area contributed by atoms with Crippen LogP contribution in [0.2, 0.25) is 0 Å². The third kappa shape index (κ3) is 1.35. The molecule has 2 aliphatic rings. The molecular formula is C9H10O5P+. The molecule has 1 aromatic carbocycles. The Bertz CT molecular complexity index is 396. The maximum absolute atomic E-state index is 5.59. The van der Waals surface area contributed by atoms with Crippen molar-refractivity contribution in [1.82, 2.24) is 0 Å². The molecule has 80 valence electrons. The summed E-state index contributed by atoms with van der Waals surface area (Å²) in [6.45, 7) is 0.855. The molecule has 6 heteroatoms. The van der Waals surface area contributed by atoms with Crippen molar-refractivity contribution in [2.75, 3.05) is 20.3 Å². The highest BCUT2D eigenvalue weighted by atomic mass is 31.2. The van der Waals surface area contributed by atoms with Gasteiger partial charge in [0.25, 0.3) is 5.75 Å². The van der Waals surface area contributed by atoms with Gasteiger partial charge in [-0.3, -0.25) is 0 Å². The van der Waals surface area contributed by atoms with Crippen LogP contribution in [-0.2, 0) is 9.05 Å². The highest BCUT2D eigenvalue weighted by molar-refractivity contribution is 7.57. The Morgan fingerprint density at radius 2 is 2.07 bits per heavy atom. The monoisotopic (exact) mass is 229 g/mol. The summed E-state index contributed by atoms with van der Waals surface area (Å²) in [6.07, 6.45) is 0. The number of benzene rings is 1. The second-order valence-electron chi connectivity index (χ2n) is 3.08. The topological polar surface area (TPSA) is 46.2 Å². The van der Waals surface area contributed by atoms with Crippen LogP contribution in [0.5, 0.6) is 17.2 Å². The van der Waals surface area contributed by atoms with E-state index in [2.05, 4.69) is 0 Å². The lowest BCUT2D eigenvalue weighted by Crippen LogP contribution is -2.15. The molecule has 0 fully saturated rings. The Hall–Kier alpha value is -1.03. The van der Waals surface area contributed by atoms with Crippen molar-refractivity contribution in [2.45, 2.75) is 0 Å². The lowest BCUT2D eigenvalue weighted by molar-refractivity contribution is 0.130. The molecule has 0 spiro atoms. The van der Waals surface area contributed by atoms with E-state index in [4.69, 9.17) is 22.8 Å². The lowest BCUT2D eigenvalue weighted by atomic mass is 10.3. The molecule has 0 aliphatic carbocycles. The van der Waals surface area contributed by atoms with Gasteiger partial charge in [0.1, 0.15) is 13.2 Å². The van der Waals surface area contributed by atoms with Crippen LogP contribution in [0.1, 0.15) is 0 Å². The van der Waals surface area contributed by atoms with Crippen LogP contribution in [0.15, 0.2) is 18.2 Å². The minimum atomic E-state index is -2.67. The molecule has 0 saturated heterocycles. The molecule has 0 amide bonds. The fourth-order valence-electron chi connectivity index (χ4n) is 1.50. The number of para-hydroxylation sites is 1. The SMILES string of the molecule is CO[P+]12OCCOc3cccc(c3O1)O2. The van der Waals surface area contributed by atoms with E-state index in [1.165, 1.54) is 7.11 Å². The van der Waals surface area contributed by atoms with Crippen LogP contribution in [0.3, 0.4) is 0 Å². The Morgan fingerprint density at radius 3 is 2.93 bits per heavy atom. The van der Waals surface area contributed by atoms with Gasteiger partial charge in [0.2, 0.25) is 5.75 Å². The number of fused-ring (bicyclic) bond motifs is 1. The average Bonchev–Trinajstić information content (AvgIpc) is 2.61. The number of hydrogen-bond acceptors (Lipinski definition) is 5. The summed E-state index contributed by atoms with van der Waals surface area (Å²) in [5.41, 5.74) is 0. The van der Waals surface area contributed by atoms with Gasteiger partial charge in [-0.25, -0.2) is 9.05 Å². The van der Waals surface area contributed by atoms with E-state index in [9.17, 15) is 0 Å². The fourth-order valence-corrected chi connectivity index (χ4v) is 2.99. The van der Waals surface area contributed by atoms with Crippen LogP contribution in [0.25, 0.3) is 0 Å². The summed E-state index contributed by atoms with van der Waals surface area (Å²) in [5, 5.41) is 0. The maximum atomic E-state index is 5.59. The zero-order valence-electron chi connectivity index (χ0n) is 8.13. The molecule has 0 saturated carbocycles. The summed E-state index contributed by atoms with van der Waals surface area (Å²) >= 11 is 0. The average molecular weight is 229 g/mol. The van der Waals surface area contributed by atoms with Gasteiger partial charge in [-0.05, 0) is 12.1 Å². The Balaban J connectivity index is 2.09. The molecule has 2 aliphatic heterocycles. The number of hydrogen-bond donors (Lipinski definition) is 0. The van der Waals surface area contributed by atoms with Gasteiger partial charge in [-0.15, -0.1) is 9.05 Å². The van der Waals surface area contributed by atoms with E-state index < -0.39 is 8.17 Å². The van der Waals surface area contributed by atoms with Crippen LogP contribution in [-0.4, -0.2) is 20.3 Å². The van der Waals surface area contributed by atoms with Crippen LogP contribution < -0.4 is 13.8 Å². The molecule has 1 unspecified atom stereocenters. The zero-order chi connectivity index (χ0) is 10.3. The van der Waals surface area contributed by atoms with Crippen molar-refractivity contribution in [3.63, 3.8) is 0 Å². The maximum Gasteiger partial charge on any atom is 0.669 e. The van der Waals surface area contributed by atoms with E-state index in [1.807, 2.05) is 12.1 Å². The van der Waals surface area contributed by atoms with Gasteiger partial charge in [0.05, 0.1) is 7.11 Å². The van der Waals surface area contributed by atoms with Crippen molar-refractivity contribution >= 4 is 8.17 Å². The van der Waals surface area contributed by atoms with E-state index in [0.29, 0.717) is 30.5 Å². The molecule has 0 aromatic heterocycles. The Morgan fingerprint density at radius 1 is 1.20 bits per heavy atom. The molecule has 1 atom stereocenters. The summed E-state index contributed by atoms with van der Waals surface area (Å²) in [7, 11) is -1.15. The van der Waals surface area contributed by atoms with Crippen molar-refractivity contribution in [1.29, 1.82) is 0 Å². The first kappa shape index (κ1) is 9.21. The molecule has 0 radical (unpaired) electrons. The van der Waals surface area contributed by atoms with E-state index in [1.54, 1.807) is 6.07 Å². The Kier molecular flexibility index (Phi) is 1.99. The van der Waals surface area contributed by atoms with Crippen LogP contribution >= 0.6 is 8.17 Å². The summed E-state index contributed by atoms with van der Waals surface area (Å²) in [5.74, 6) is 1.87. The smallest absolute Gasteiger partial charge is 0.487 e. The number of ether oxygens (including phenoxy) is 1. The van der Waals surface area contributed by atoms with Crippen molar-refractivity contribution in [3.8, 4) is 17.2 Å². The second-order valence-corrected chi connectivity index (χ2v) is 4.96. The molecule has 2 heterocycles. The lowest BCUT2D eigenvalue weighted by Gasteiger charge is -2.14. The zero-order valence-corrected chi connectivity index (χ0v) is 9.03. The van der Waals surface area contributed by atoms with Crippen LogP contribution in [0, 0.1) is 0 Å². The molecule has 5 nitrogen and oxygen atoms in total. The van der Waals surface area contributed by atoms with Gasteiger partial charge in [-0.1, -0.05) is 6.07 Å². The highest BCUT2D eigenvalue weighted by Gasteiger charge is 2.59. The first-order valence-corrected chi connectivity index (χ1v) is 6.03. The predicted molar refractivity (Wildman–Crippen MR) is 53.1 cm³/mol. The molecular weight excluding hydrogens is 219 g/mol. The largest absolute Gasteiger partial charge is 0.669 e. The standard InChI is InChI=1S/C9H10O5P/c1-10-15-12-6-5-11-7-3-2-4-8(13-15)9(7)14-15/h2-4H,5-6H2,1H3/q+1. The first-order chi connectivity index (χ1) is 7.33. The van der Waals surface area contributed by atoms with Crippen molar-refractivity contribution in [2.24, 2.45) is 0 Å². The predicted octanol–water partition coefficient (Wildman–Crippen LogP) is 2.19. The number of rotatable bonds is 1. The Labute approximate surface area is 87.5 Å². The van der Waals surface area contributed by atoms with Crippen molar-refractivity contribution < 1.29 is 22.8 Å². The second kappa shape index (κ2) is 3.23. The summed E-state index contributed by atoms with van der Waals surface area (Å²) in [6, 6.07) is 5.49. The quantitative estimate of drug-likeness (QED) is 0.690. The normalized spacial score (nSPS) is 27.0. The fraction of sp³-hybridized carbons (Fsp3) is 0.333. The summed E-state index contributed by atoms with van der Waals surface area (Å²) < 4.78 is 27.2. The molecule has 15 heavy (non-hydrogen) atoms. The molecule has 2 bridgehead atoms. The minimum absolute atomic E-state index is 0.388. The first-order valence-electron chi connectivity index (χ1n) is 4.57. The van der Waals surface area contributed by atoms with Crippen molar-refractivity contribution in [3.05, 3.63) is 18.2 Å². The van der Waals surface area contributed by atoms with Gasteiger partial charge >= 0.3 is 8.17 Å². The molecule has 0 N–H and O–H groups in total. The van der Waals surface area contributed by atoms with Gasteiger partial charge in [0, 0.05) is 0 Å². The molecule has 3 rings (SSSR count). The van der Waals surface area contributed by atoms with E-state index >= 15 is 0 Å². The van der Waals surface area contributed by atoms with Crippen LogP contribution in [0.4, 0.5) is 0 Å². The van der Waals surface area contributed by atoms with E-state index in [-0.39, 0.29) is 0 Å². The van der Waals surface area contributed by atoms with Gasteiger partial charge in [-0.2, -0.15) is 0 Å².